The Morgan fingerprint density at radius 3 is 2.80 bits per heavy atom. The molecular formula is C17H24BrNO. The maximum Gasteiger partial charge on any atom is 0.122 e. The predicted molar refractivity (Wildman–Crippen MR) is 75.8 cm³/mol. The van der Waals surface area contributed by atoms with Crippen molar-refractivity contribution in [2.45, 2.75) is 44.6 Å². The Hall–Kier alpha value is -0.540. The zero-order chi connectivity index (χ0) is 12.7. The first-order chi connectivity index (χ1) is 9.38. The molecule has 110 valence electrons. The second kappa shape index (κ2) is 6.07. The largest absolute Gasteiger partial charge is 1.00 e. The topological polar surface area (TPSA) is 13.7 Å². The molecule has 0 aliphatic carbocycles. The Kier molecular flexibility index (Phi) is 4.37. The zero-order valence-electron chi connectivity index (χ0n) is 12.0. The molecule has 1 atom stereocenters. The molecule has 3 heteroatoms. The van der Waals surface area contributed by atoms with Gasteiger partial charge in [-0.3, -0.25) is 0 Å². The molecule has 3 saturated heterocycles. The molecule has 1 unspecified atom stereocenters. The minimum atomic E-state index is 0. The van der Waals surface area contributed by atoms with Crippen LogP contribution < -0.4 is 26.6 Å². The van der Waals surface area contributed by atoms with E-state index in [2.05, 4.69) is 18.2 Å². The molecule has 2 nitrogen and oxygen atoms in total. The first-order valence-corrected chi connectivity index (χ1v) is 7.97. The molecule has 0 aromatic heterocycles. The van der Waals surface area contributed by atoms with E-state index in [1.54, 1.807) is 0 Å². The Bertz CT molecular complexity index is 468. The summed E-state index contributed by atoms with van der Waals surface area (Å²) in [6.45, 7) is 3.75. The fourth-order valence-electron chi connectivity index (χ4n) is 4.32. The van der Waals surface area contributed by atoms with E-state index >= 15 is 0 Å². The molecule has 0 radical (unpaired) electrons. The fraction of sp³-hybridized carbons (Fsp3) is 0.647. The SMILES string of the molecule is [Br-].c1cc2c(cc1CCC1CC3CC[NH+]1CC3)CCO2. The van der Waals surface area contributed by atoms with Gasteiger partial charge >= 0.3 is 0 Å². The number of quaternary nitrogens is 1. The molecule has 1 aromatic carbocycles. The van der Waals surface area contributed by atoms with Gasteiger partial charge in [-0.2, -0.15) is 0 Å². The number of halogens is 1. The first-order valence-electron chi connectivity index (χ1n) is 7.97. The van der Waals surface area contributed by atoms with Crippen LogP contribution in [-0.4, -0.2) is 25.7 Å². The van der Waals surface area contributed by atoms with Gasteiger partial charge in [0.1, 0.15) is 5.75 Å². The molecule has 0 saturated carbocycles. The lowest BCUT2D eigenvalue weighted by atomic mass is 9.81. The monoisotopic (exact) mass is 337 g/mol. The molecule has 0 spiro atoms. The standard InChI is InChI=1S/C17H23NO.BrH/c1(3-16-12-14-5-8-18(16)9-6-14)13-2-4-17-15(11-13)7-10-19-17;/h2,4,11,14,16H,1,3,5-10,12H2;1H. The summed E-state index contributed by atoms with van der Waals surface area (Å²) in [5, 5.41) is 0. The summed E-state index contributed by atoms with van der Waals surface area (Å²) in [6, 6.07) is 7.78. The van der Waals surface area contributed by atoms with Crippen molar-refractivity contribution in [1.82, 2.24) is 0 Å². The van der Waals surface area contributed by atoms with Crippen LogP contribution in [0.4, 0.5) is 0 Å². The van der Waals surface area contributed by atoms with Crippen LogP contribution in [-0.2, 0) is 12.8 Å². The summed E-state index contributed by atoms with van der Waals surface area (Å²) < 4.78 is 5.58. The molecule has 2 bridgehead atoms. The van der Waals surface area contributed by atoms with Gasteiger partial charge in [0.2, 0.25) is 0 Å². The van der Waals surface area contributed by atoms with Gasteiger partial charge in [-0.25, -0.2) is 0 Å². The summed E-state index contributed by atoms with van der Waals surface area (Å²) in [5.74, 6) is 2.17. The third-order valence-electron chi connectivity index (χ3n) is 5.48. The van der Waals surface area contributed by atoms with Crippen LogP contribution >= 0.6 is 0 Å². The van der Waals surface area contributed by atoms with Gasteiger partial charge in [0.25, 0.3) is 0 Å². The Morgan fingerprint density at radius 2 is 2.05 bits per heavy atom. The quantitative estimate of drug-likeness (QED) is 0.718. The van der Waals surface area contributed by atoms with Gasteiger partial charge in [0.15, 0.2) is 0 Å². The Balaban J connectivity index is 0.00000121. The van der Waals surface area contributed by atoms with E-state index in [1.165, 1.54) is 56.3 Å². The van der Waals surface area contributed by atoms with Crippen molar-refractivity contribution in [3.05, 3.63) is 29.3 Å². The van der Waals surface area contributed by atoms with E-state index in [4.69, 9.17) is 4.74 Å². The molecule has 4 heterocycles. The summed E-state index contributed by atoms with van der Waals surface area (Å²) in [7, 11) is 0. The number of hydrogen-bond donors (Lipinski definition) is 1. The first kappa shape index (κ1) is 14.4. The van der Waals surface area contributed by atoms with Crippen molar-refractivity contribution in [1.29, 1.82) is 0 Å². The van der Waals surface area contributed by atoms with Gasteiger partial charge in [0, 0.05) is 19.3 Å². The third-order valence-corrected chi connectivity index (χ3v) is 5.48. The molecule has 0 amide bonds. The van der Waals surface area contributed by atoms with E-state index in [0.717, 1.165) is 30.7 Å². The lowest BCUT2D eigenvalue weighted by Crippen LogP contribution is -3.18. The zero-order valence-corrected chi connectivity index (χ0v) is 13.6. The summed E-state index contributed by atoms with van der Waals surface area (Å²) in [4.78, 5) is 1.90. The number of rotatable bonds is 3. The molecule has 20 heavy (non-hydrogen) atoms. The normalized spacial score (nSPS) is 30.5. The highest BCUT2D eigenvalue weighted by Gasteiger charge is 2.36. The second-order valence-corrected chi connectivity index (χ2v) is 6.61. The van der Waals surface area contributed by atoms with Crippen LogP contribution in [0.5, 0.6) is 5.75 Å². The molecule has 1 N–H and O–H groups in total. The lowest BCUT2D eigenvalue weighted by molar-refractivity contribution is -0.942. The molecular weight excluding hydrogens is 314 g/mol. The highest BCUT2D eigenvalue weighted by Crippen LogP contribution is 2.27. The van der Waals surface area contributed by atoms with Crippen LogP contribution in [0.15, 0.2) is 18.2 Å². The van der Waals surface area contributed by atoms with Crippen molar-refractivity contribution in [2.75, 3.05) is 19.7 Å². The summed E-state index contributed by atoms with van der Waals surface area (Å²) in [6.07, 6.45) is 8.21. The van der Waals surface area contributed by atoms with Crippen molar-refractivity contribution in [3.63, 3.8) is 0 Å². The van der Waals surface area contributed by atoms with Crippen molar-refractivity contribution in [2.24, 2.45) is 5.92 Å². The minimum absolute atomic E-state index is 0. The van der Waals surface area contributed by atoms with E-state index < -0.39 is 0 Å². The number of ether oxygens (including phenoxy) is 1. The van der Waals surface area contributed by atoms with E-state index in [0.29, 0.717) is 0 Å². The number of benzene rings is 1. The maximum atomic E-state index is 5.58. The number of nitrogens with one attached hydrogen (secondary N) is 1. The van der Waals surface area contributed by atoms with Gasteiger partial charge in [0.05, 0.1) is 25.7 Å². The molecule has 1 aromatic rings. The van der Waals surface area contributed by atoms with Crippen LogP contribution in [0.3, 0.4) is 0 Å². The van der Waals surface area contributed by atoms with Crippen LogP contribution in [0.25, 0.3) is 0 Å². The molecule has 5 rings (SSSR count). The highest BCUT2D eigenvalue weighted by atomic mass is 79.9. The van der Waals surface area contributed by atoms with E-state index in [9.17, 15) is 0 Å². The smallest absolute Gasteiger partial charge is 0.122 e. The Morgan fingerprint density at radius 1 is 1.20 bits per heavy atom. The van der Waals surface area contributed by atoms with Crippen molar-refractivity contribution < 1.29 is 26.6 Å². The van der Waals surface area contributed by atoms with E-state index in [1.807, 2.05) is 4.90 Å². The van der Waals surface area contributed by atoms with Gasteiger partial charge in [-0.05, 0) is 42.4 Å². The van der Waals surface area contributed by atoms with Gasteiger partial charge in [-0.15, -0.1) is 0 Å². The average molecular weight is 338 g/mol. The maximum absolute atomic E-state index is 5.58. The summed E-state index contributed by atoms with van der Waals surface area (Å²) >= 11 is 0. The van der Waals surface area contributed by atoms with Gasteiger partial charge < -0.3 is 26.6 Å². The second-order valence-electron chi connectivity index (χ2n) is 6.61. The van der Waals surface area contributed by atoms with Gasteiger partial charge in [-0.1, -0.05) is 12.1 Å². The Labute approximate surface area is 132 Å². The van der Waals surface area contributed by atoms with Crippen molar-refractivity contribution >= 4 is 0 Å². The van der Waals surface area contributed by atoms with E-state index in [-0.39, 0.29) is 17.0 Å². The third kappa shape index (κ3) is 2.75. The average Bonchev–Trinajstić information content (AvgIpc) is 2.94. The minimum Gasteiger partial charge on any atom is -1.00 e. The fourth-order valence-corrected chi connectivity index (χ4v) is 4.32. The molecule has 4 aliphatic heterocycles. The highest BCUT2D eigenvalue weighted by molar-refractivity contribution is 5.39. The number of piperidine rings is 3. The number of fused-ring (bicyclic) bond motifs is 4. The predicted octanol–water partition coefficient (Wildman–Crippen LogP) is -1.37. The lowest BCUT2D eigenvalue weighted by Gasteiger charge is -2.42. The van der Waals surface area contributed by atoms with Crippen LogP contribution in [0.2, 0.25) is 0 Å². The van der Waals surface area contributed by atoms with Crippen LogP contribution in [0, 0.1) is 5.92 Å². The summed E-state index contributed by atoms with van der Waals surface area (Å²) in [5.41, 5.74) is 2.95. The van der Waals surface area contributed by atoms with Crippen LogP contribution in [0.1, 0.15) is 36.8 Å². The number of hydrogen-bond acceptors (Lipinski definition) is 1. The van der Waals surface area contributed by atoms with Crippen molar-refractivity contribution in [3.8, 4) is 5.75 Å². The molecule has 3 fully saturated rings. The number of aryl methyl sites for hydroxylation is 1. The molecule has 4 aliphatic rings.